The van der Waals surface area contributed by atoms with Gasteiger partial charge in [0.15, 0.2) is 0 Å². The number of rotatable bonds is 8. The first kappa shape index (κ1) is 17.5. The van der Waals surface area contributed by atoms with Crippen molar-refractivity contribution in [3.63, 3.8) is 0 Å². The van der Waals surface area contributed by atoms with E-state index in [2.05, 4.69) is 10.6 Å². The molecule has 0 aromatic carbocycles. The molecule has 3 N–H and O–H groups in total. The molecule has 0 bridgehead atoms. The van der Waals surface area contributed by atoms with Gasteiger partial charge in [-0.3, -0.25) is 14.4 Å². The molecule has 1 aliphatic rings. The molecule has 1 atom stereocenters. The topological polar surface area (TPSA) is 95.5 Å². The van der Waals surface area contributed by atoms with Gasteiger partial charge < -0.3 is 15.7 Å². The highest BCUT2D eigenvalue weighted by molar-refractivity contribution is 5.84. The number of carbonyl (C=O) groups excluding carboxylic acids is 2. The minimum atomic E-state index is -0.878. The van der Waals surface area contributed by atoms with Crippen LogP contribution in [-0.2, 0) is 14.4 Å². The third kappa shape index (κ3) is 8.32. The van der Waals surface area contributed by atoms with E-state index in [0.717, 1.165) is 12.8 Å². The van der Waals surface area contributed by atoms with Crippen molar-refractivity contribution >= 4 is 17.8 Å². The van der Waals surface area contributed by atoms with Crippen molar-refractivity contribution in [2.45, 2.75) is 64.3 Å². The molecule has 1 saturated carbocycles. The predicted octanol–water partition coefficient (Wildman–Crippen LogP) is 1.44. The molecular formula is C15H26N2O4. The summed E-state index contributed by atoms with van der Waals surface area (Å²) in [5.41, 5.74) is 0. The maximum atomic E-state index is 11.7. The van der Waals surface area contributed by atoms with Crippen LogP contribution in [0.25, 0.3) is 0 Å². The first-order valence-corrected chi connectivity index (χ1v) is 7.75. The van der Waals surface area contributed by atoms with Crippen molar-refractivity contribution in [1.29, 1.82) is 0 Å². The van der Waals surface area contributed by atoms with E-state index in [-0.39, 0.29) is 30.8 Å². The fourth-order valence-corrected chi connectivity index (χ4v) is 2.64. The van der Waals surface area contributed by atoms with E-state index < -0.39 is 5.97 Å². The Morgan fingerprint density at radius 3 is 2.43 bits per heavy atom. The van der Waals surface area contributed by atoms with E-state index in [1.54, 1.807) is 6.92 Å². The number of aliphatic carboxylic acids is 1. The molecule has 0 spiro atoms. The monoisotopic (exact) mass is 298 g/mol. The van der Waals surface area contributed by atoms with Gasteiger partial charge in [0.25, 0.3) is 0 Å². The number of carbonyl (C=O) groups is 3. The van der Waals surface area contributed by atoms with Gasteiger partial charge in [-0.05, 0) is 32.1 Å². The lowest BCUT2D eigenvalue weighted by Gasteiger charge is -2.20. The van der Waals surface area contributed by atoms with Crippen LogP contribution in [0.3, 0.4) is 0 Å². The third-order valence-corrected chi connectivity index (χ3v) is 3.84. The Hall–Kier alpha value is -1.59. The van der Waals surface area contributed by atoms with Crippen molar-refractivity contribution in [1.82, 2.24) is 10.6 Å². The fourth-order valence-electron chi connectivity index (χ4n) is 2.64. The zero-order chi connectivity index (χ0) is 15.7. The lowest BCUT2D eigenvalue weighted by molar-refractivity contribution is -0.137. The summed E-state index contributed by atoms with van der Waals surface area (Å²) in [6.45, 7) is 1.72. The minimum Gasteiger partial charge on any atom is -0.481 e. The number of carboxylic acids is 1. The first-order chi connectivity index (χ1) is 9.97. The Morgan fingerprint density at radius 2 is 1.81 bits per heavy atom. The van der Waals surface area contributed by atoms with Gasteiger partial charge in [0.1, 0.15) is 0 Å². The van der Waals surface area contributed by atoms with Crippen molar-refractivity contribution in [3.05, 3.63) is 0 Å². The second kappa shape index (κ2) is 9.37. The van der Waals surface area contributed by atoms with Gasteiger partial charge in [-0.25, -0.2) is 0 Å². The van der Waals surface area contributed by atoms with Crippen LogP contribution in [0.2, 0.25) is 0 Å². The second-order valence-electron chi connectivity index (χ2n) is 5.89. The van der Waals surface area contributed by atoms with Gasteiger partial charge in [0, 0.05) is 18.9 Å². The summed E-state index contributed by atoms with van der Waals surface area (Å²) in [5, 5.41) is 13.9. The van der Waals surface area contributed by atoms with Crippen molar-refractivity contribution in [2.75, 3.05) is 6.54 Å². The van der Waals surface area contributed by atoms with Gasteiger partial charge >= 0.3 is 5.97 Å². The maximum Gasteiger partial charge on any atom is 0.303 e. The maximum absolute atomic E-state index is 11.7. The summed E-state index contributed by atoms with van der Waals surface area (Å²) in [5.74, 6) is -0.770. The third-order valence-electron chi connectivity index (χ3n) is 3.84. The largest absolute Gasteiger partial charge is 0.481 e. The molecule has 2 amide bonds. The molecule has 0 saturated heterocycles. The van der Waals surface area contributed by atoms with Crippen LogP contribution in [0.1, 0.15) is 58.3 Å². The highest BCUT2D eigenvalue weighted by atomic mass is 16.4. The first-order valence-electron chi connectivity index (χ1n) is 7.75. The summed E-state index contributed by atoms with van der Waals surface area (Å²) in [4.78, 5) is 33.8. The average Bonchev–Trinajstić information content (AvgIpc) is 2.44. The predicted molar refractivity (Wildman–Crippen MR) is 78.7 cm³/mol. The molecule has 0 aromatic rings. The minimum absolute atomic E-state index is 0.0233. The molecule has 1 aliphatic carbocycles. The number of hydrogen-bond donors (Lipinski definition) is 3. The van der Waals surface area contributed by atoms with Gasteiger partial charge in [-0.2, -0.15) is 0 Å². The SMILES string of the molecule is CC(CCC(=O)O)NC(=O)CNC(=O)CC1CCCCC1. The van der Waals surface area contributed by atoms with Crippen LogP contribution in [0.15, 0.2) is 0 Å². The van der Waals surface area contributed by atoms with E-state index in [9.17, 15) is 14.4 Å². The quantitative estimate of drug-likeness (QED) is 0.632. The van der Waals surface area contributed by atoms with E-state index in [4.69, 9.17) is 5.11 Å². The fraction of sp³-hybridized carbons (Fsp3) is 0.800. The molecule has 0 heterocycles. The molecule has 1 fully saturated rings. The Bertz CT molecular complexity index is 365. The molecule has 1 unspecified atom stereocenters. The van der Waals surface area contributed by atoms with E-state index >= 15 is 0 Å². The van der Waals surface area contributed by atoms with Crippen molar-refractivity contribution in [3.8, 4) is 0 Å². The van der Waals surface area contributed by atoms with Gasteiger partial charge in [-0.15, -0.1) is 0 Å². The second-order valence-corrected chi connectivity index (χ2v) is 5.89. The number of carboxylic acid groups (broad SMARTS) is 1. The molecular weight excluding hydrogens is 272 g/mol. The lowest BCUT2D eigenvalue weighted by Crippen LogP contribution is -2.41. The zero-order valence-corrected chi connectivity index (χ0v) is 12.7. The number of nitrogens with one attached hydrogen (secondary N) is 2. The van der Waals surface area contributed by atoms with E-state index in [1.807, 2.05) is 0 Å². The van der Waals surface area contributed by atoms with Crippen LogP contribution >= 0.6 is 0 Å². The molecule has 0 aromatic heterocycles. The van der Waals surface area contributed by atoms with E-state index in [0.29, 0.717) is 18.8 Å². The van der Waals surface area contributed by atoms with Gasteiger partial charge in [0.05, 0.1) is 6.54 Å². The smallest absolute Gasteiger partial charge is 0.303 e. The summed E-state index contributed by atoms with van der Waals surface area (Å²) < 4.78 is 0. The molecule has 21 heavy (non-hydrogen) atoms. The van der Waals surface area contributed by atoms with Crippen LogP contribution < -0.4 is 10.6 Å². The summed E-state index contributed by atoms with van der Waals surface area (Å²) in [6.07, 6.45) is 6.76. The van der Waals surface area contributed by atoms with Gasteiger partial charge in [-0.1, -0.05) is 19.3 Å². The Balaban J connectivity index is 2.13. The highest BCUT2D eigenvalue weighted by Gasteiger charge is 2.17. The van der Waals surface area contributed by atoms with E-state index in [1.165, 1.54) is 19.3 Å². The normalized spacial score (nSPS) is 17.0. The molecule has 0 radical (unpaired) electrons. The van der Waals surface area contributed by atoms with Crippen molar-refractivity contribution < 1.29 is 19.5 Å². The van der Waals surface area contributed by atoms with Gasteiger partial charge in [0.2, 0.25) is 11.8 Å². The Labute approximate surface area is 125 Å². The summed E-state index contributed by atoms with van der Waals surface area (Å²) in [6, 6.07) is -0.205. The summed E-state index contributed by atoms with van der Waals surface area (Å²) >= 11 is 0. The molecule has 0 aliphatic heterocycles. The standard InChI is InChI=1S/C15H26N2O4/c1-11(7-8-15(20)21)17-14(19)10-16-13(18)9-12-5-3-2-4-6-12/h11-12H,2-10H2,1H3,(H,16,18)(H,17,19)(H,20,21). The van der Waals surface area contributed by atoms with Crippen LogP contribution in [0, 0.1) is 5.92 Å². The number of amides is 2. The molecule has 1 rings (SSSR count). The Morgan fingerprint density at radius 1 is 1.14 bits per heavy atom. The highest BCUT2D eigenvalue weighted by Crippen LogP contribution is 2.25. The van der Waals surface area contributed by atoms with Crippen LogP contribution in [0.4, 0.5) is 0 Å². The number of hydrogen-bond acceptors (Lipinski definition) is 3. The van der Waals surface area contributed by atoms with Crippen LogP contribution in [0.5, 0.6) is 0 Å². The lowest BCUT2D eigenvalue weighted by atomic mass is 9.87. The molecule has 6 heteroatoms. The van der Waals surface area contributed by atoms with Crippen molar-refractivity contribution in [2.24, 2.45) is 5.92 Å². The van der Waals surface area contributed by atoms with Crippen LogP contribution in [-0.4, -0.2) is 35.5 Å². The summed E-state index contributed by atoms with van der Waals surface area (Å²) in [7, 11) is 0. The molecule has 6 nitrogen and oxygen atoms in total. The molecule has 120 valence electrons. The Kier molecular flexibility index (Phi) is 7.79. The average molecular weight is 298 g/mol. The zero-order valence-electron chi connectivity index (χ0n) is 12.7.